The molecule has 0 aromatic heterocycles. The third-order valence-electron chi connectivity index (χ3n) is 5.63. The molecule has 7 nitrogen and oxygen atoms in total. The highest BCUT2D eigenvalue weighted by molar-refractivity contribution is 6.31. The number of imide groups is 1. The van der Waals surface area contributed by atoms with Gasteiger partial charge in [-0.05, 0) is 43.9 Å². The van der Waals surface area contributed by atoms with Gasteiger partial charge < -0.3 is 15.0 Å². The van der Waals surface area contributed by atoms with Crippen LogP contribution in [0.2, 0.25) is 5.02 Å². The van der Waals surface area contributed by atoms with E-state index in [-0.39, 0.29) is 29.8 Å². The smallest absolute Gasteiger partial charge is 0.332 e. The zero-order valence-corrected chi connectivity index (χ0v) is 17.2. The Kier molecular flexibility index (Phi) is 6.13. The van der Waals surface area contributed by atoms with E-state index in [0.717, 1.165) is 17.7 Å². The van der Waals surface area contributed by atoms with Gasteiger partial charge in [0.2, 0.25) is 5.91 Å². The number of ether oxygens (including phenoxy) is 1. The van der Waals surface area contributed by atoms with Crippen LogP contribution in [-0.4, -0.2) is 48.5 Å². The summed E-state index contributed by atoms with van der Waals surface area (Å²) in [7, 11) is 1.48. The van der Waals surface area contributed by atoms with E-state index in [9.17, 15) is 14.4 Å². The zero-order valence-electron chi connectivity index (χ0n) is 16.4. The summed E-state index contributed by atoms with van der Waals surface area (Å²) in [5.41, 5.74) is 0.344. The minimum absolute atomic E-state index is 0.0218. The topological polar surface area (TPSA) is 79.0 Å². The Balaban J connectivity index is 1.78. The molecule has 0 unspecified atom stereocenters. The quantitative estimate of drug-likeness (QED) is 0.734. The number of hydrogen-bond acceptors (Lipinski definition) is 4. The van der Waals surface area contributed by atoms with Crippen LogP contribution in [0.1, 0.15) is 39.5 Å². The maximum Gasteiger partial charge on any atom is 0.332 e. The van der Waals surface area contributed by atoms with Gasteiger partial charge in [0.05, 0.1) is 12.8 Å². The number of fused-ring (bicyclic) bond motifs is 1. The Bertz CT molecular complexity index is 781. The Morgan fingerprint density at radius 1 is 1.32 bits per heavy atom. The van der Waals surface area contributed by atoms with Crippen molar-refractivity contribution in [2.75, 3.05) is 18.6 Å². The fourth-order valence-electron chi connectivity index (χ4n) is 3.97. The maximum absolute atomic E-state index is 13.1. The Hall–Kier alpha value is -2.28. The Labute approximate surface area is 169 Å². The first kappa shape index (κ1) is 20.5. The third kappa shape index (κ3) is 3.68. The number of piperidine rings is 1. The molecule has 0 saturated carbocycles. The number of anilines is 1. The van der Waals surface area contributed by atoms with Crippen LogP contribution in [0.5, 0.6) is 5.75 Å². The maximum atomic E-state index is 13.1. The van der Waals surface area contributed by atoms with E-state index in [4.69, 9.17) is 16.3 Å². The van der Waals surface area contributed by atoms with Gasteiger partial charge in [-0.1, -0.05) is 25.4 Å². The van der Waals surface area contributed by atoms with Crippen molar-refractivity contribution in [2.24, 2.45) is 5.92 Å². The average molecular weight is 408 g/mol. The highest BCUT2D eigenvalue weighted by Gasteiger charge is 2.49. The van der Waals surface area contributed by atoms with Gasteiger partial charge >= 0.3 is 6.03 Å². The number of nitrogens with zero attached hydrogens (tertiary/aromatic N) is 2. The molecule has 28 heavy (non-hydrogen) atoms. The molecule has 4 amide bonds. The summed E-state index contributed by atoms with van der Waals surface area (Å²) in [6.07, 6.45) is 2.60. The molecular formula is C20H26ClN3O4. The van der Waals surface area contributed by atoms with E-state index < -0.39 is 6.04 Å². The highest BCUT2D eigenvalue weighted by atomic mass is 35.5. The van der Waals surface area contributed by atoms with E-state index in [1.165, 1.54) is 7.11 Å². The summed E-state index contributed by atoms with van der Waals surface area (Å²) in [5.74, 6) is 0.0938. The minimum Gasteiger partial charge on any atom is -0.495 e. The number of carbonyl (C=O) groups is 3. The molecule has 0 spiro atoms. The number of halogens is 1. The first-order valence-electron chi connectivity index (χ1n) is 9.69. The number of urea groups is 1. The number of hydrogen-bond donors (Lipinski definition) is 1. The standard InChI is InChI=1S/C20H26ClN3O4/c1-4-12(5-2)18(25)22-14-8-9-23-16(11-14)19(26)24(20(23)27)15-10-13(21)6-7-17(15)28-3/h6-7,10,12,14,16H,4-5,8-9,11H2,1-3H3,(H,22,25)/t14-,16-/m0/s1. The van der Waals surface area contributed by atoms with Gasteiger partial charge in [0.15, 0.2) is 0 Å². The van der Waals surface area contributed by atoms with E-state index in [1.54, 1.807) is 23.1 Å². The first-order valence-corrected chi connectivity index (χ1v) is 10.1. The second-order valence-corrected chi connectivity index (χ2v) is 7.66. The van der Waals surface area contributed by atoms with Crippen LogP contribution in [0.4, 0.5) is 10.5 Å². The van der Waals surface area contributed by atoms with Gasteiger partial charge in [0.1, 0.15) is 11.8 Å². The molecule has 2 heterocycles. The van der Waals surface area contributed by atoms with Crippen LogP contribution in [0.3, 0.4) is 0 Å². The molecule has 1 aromatic carbocycles. The number of methoxy groups -OCH3 is 1. The zero-order chi connectivity index (χ0) is 20.4. The summed E-state index contributed by atoms with van der Waals surface area (Å²) >= 11 is 6.07. The number of amides is 4. The van der Waals surface area contributed by atoms with Gasteiger partial charge in [-0.2, -0.15) is 0 Å². The number of carbonyl (C=O) groups excluding carboxylic acids is 3. The van der Waals surface area contributed by atoms with Crippen molar-refractivity contribution < 1.29 is 19.1 Å². The van der Waals surface area contributed by atoms with E-state index >= 15 is 0 Å². The summed E-state index contributed by atoms with van der Waals surface area (Å²) in [5, 5.41) is 3.48. The SMILES string of the molecule is CCC(CC)C(=O)N[C@H]1CCN2C(=O)N(c3cc(Cl)ccc3OC)C(=O)[C@@H]2C1. The molecular weight excluding hydrogens is 382 g/mol. The lowest BCUT2D eigenvalue weighted by molar-refractivity contribution is -0.127. The van der Waals surface area contributed by atoms with Crippen LogP contribution in [0.15, 0.2) is 18.2 Å². The second-order valence-electron chi connectivity index (χ2n) is 7.22. The average Bonchev–Trinajstić information content (AvgIpc) is 2.92. The van der Waals surface area contributed by atoms with Gasteiger partial charge in [-0.3, -0.25) is 9.59 Å². The van der Waals surface area contributed by atoms with Crippen molar-refractivity contribution in [3.05, 3.63) is 23.2 Å². The van der Waals surface area contributed by atoms with Crippen LogP contribution >= 0.6 is 11.6 Å². The largest absolute Gasteiger partial charge is 0.495 e. The molecule has 1 N–H and O–H groups in total. The summed E-state index contributed by atoms with van der Waals surface area (Å²) in [4.78, 5) is 41.1. The molecule has 0 aliphatic carbocycles. The summed E-state index contributed by atoms with van der Waals surface area (Å²) < 4.78 is 5.31. The summed E-state index contributed by atoms with van der Waals surface area (Å²) in [6.45, 7) is 4.40. The lowest BCUT2D eigenvalue weighted by atomic mass is 9.96. The third-order valence-corrected chi connectivity index (χ3v) is 5.86. The molecule has 3 rings (SSSR count). The number of rotatable bonds is 6. The van der Waals surface area contributed by atoms with E-state index in [0.29, 0.717) is 35.8 Å². The fourth-order valence-corrected chi connectivity index (χ4v) is 4.14. The van der Waals surface area contributed by atoms with Crippen LogP contribution in [0.25, 0.3) is 0 Å². The molecule has 2 fully saturated rings. The molecule has 2 aliphatic rings. The lowest BCUT2D eigenvalue weighted by Gasteiger charge is -2.33. The minimum atomic E-state index is -0.586. The van der Waals surface area contributed by atoms with Gasteiger partial charge in [-0.15, -0.1) is 0 Å². The molecule has 2 aliphatic heterocycles. The van der Waals surface area contributed by atoms with Crippen molar-refractivity contribution in [3.63, 3.8) is 0 Å². The number of nitrogens with one attached hydrogen (secondary N) is 1. The molecule has 8 heteroatoms. The van der Waals surface area contributed by atoms with E-state index in [1.807, 2.05) is 13.8 Å². The van der Waals surface area contributed by atoms with Crippen molar-refractivity contribution in [1.82, 2.24) is 10.2 Å². The van der Waals surface area contributed by atoms with Crippen molar-refractivity contribution in [2.45, 2.75) is 51.6 Å². The molecule has 0 radical (unpaired) electrons. The van der Waals surface area contributed by atoms with Gasteiger partial charge in [0, 0.05) is 23.5 Å². The monoisotopic (exact) mass is 407 g/mol. The van der Waals surface area contributed by atoms with Crippen LogP contribution < -0.4 is 15.0 Å². The van der Waals surface area contributed by atoms with Gasteiger partial charge in [-0.25, -0.2) is 9.69 Å². The van der Waals surface area contributed by atoms with Crippen molar-refractivity contribution in [1.29, 1.82) is 0 Å². The molecule has 152 valence electrons. The Morgan fingerprint density at radius 3 is 2.68 bits per heavy atom. The molecule has 0 bridgehead atoms. The van der Waals surface area contributed by atoms with Crippen molar-refractivity contribution in [3.8, 4) is 5.75 Å². The first-order chi connectivity index (χ1) is 13.4. The predicted molar refractivity (Wildman–Crippen MR) is 107 cm³/mol. The van der Waals surface area contributed by atoms with E-state index in [2.05, 4.69) is 5.32 Å². The molecule has 1 aromatic rings. The predicted octanol–water partition coefficient (Wildman–Crippen LogP) is 3.20. The lowest BCUT2D eigenvalue weighted by Crippen LogP contribution is -2.50. The fraction of sp³-hybridized carbons (Fsp3) is 0.550. The van der Waals surface area contributed by atoms with Gasteiger partial charge in [0.25, 0.3) is 5.91 Å². The normalized spacial score (nSPS) is 21.9. The Morgan fingerprint density at radius 2 is 2.04 bits per heavy atom. The summed E-state index contributed by atoms with van der Waals surface area (Å²) in [6, 6.07) is 3.76. The van der Waals surface area contributed by atoms with Crippen LogP contribution in [0, 0.1) is 5.92 Å². The van der Waals surface area contributed by atoms with Crippen LogP contribution in [-0.2, 0) is 9.59 Å². The number of benzene rings is 1. The molecule has 2 atom stereocenters. The van der Waals surface area contributed by atoms with Crippen molar-refractivity contribution >= 4 is 35.1 Å². The second kappa shape index (κ2) is 8.39. The molecule has 2 saturated heterocycles. The highest BCUT2D eigenvalue weighted by Crippen LogP contribution is 2.37.